The summed E-state index contributed by atoms with van der Waals surface area (Å²) in [7, 11) is 0. The van der Waals surface area contributed by atoms with Gasteiger partial charge in [0, 0.05) is 15.7 Å². The van der Waals surface area contributed by atoms with Gasteiger partial charge in [0.1, 0.15) is 11.3 Å². The monoisotopic (exact) mass is 277 g/mol. The van der Waals surface area contributed by atoms with Crippen LogP contribution in [-0.4, -0.2) is 4.75 Å². The van der Waals surface area contributed by atoms with E-state index in [4.69, 9.17) is 4.42 Å². The van der Waals surface area contributed by atoms with E-state index in [0.29, 0.717) is 0 Å². The molecule has 1 atom stereocenters. The van der Waals surface area contributed by atoms with Crippen molar-refractivity contribution < 1.29 is 4.42 Å². The van der Waals surface area contributed by atoms with E-state index >= 15 is 0 Å². The molecule has 0 aliphatic heterocycles. The summed E-state index contributed by atoms with van der Waals surface area (Å²) < 4.78 is 9.74. The summed E-state index contributed by atoms with van der Waals surface area (Å²) in [5.41, 5.74) is 2.31. The van der Waals surface area contributed by atoms with Crippen molar-refractivity contribution in [3.8, 4) is 0 Å². The highest BCUT2D eigenvalue weighted by molar-refractivity contribution is 7.98. The number of benzene rings is 1. The van der Waals surface area contributed by atoms with Crippen LogP contribution in [0, 0.1) is 0 Å². The molecular weight excluding hydrogens is 254 g/mol. The SMILES string of the molecule is CCc1c([C@@H](C)NSC(C)(C)C)oc2ccccc12. The van der Waals surface area contributed by atoms with E-state index in [0.717, 1.165) is 17.8 Å². The molecule has 2 nitrogen and oxygen atoms in total. The first-order valence-corrected chi connectivity index (χ1v) is 7.68. The van der Waals surface area contributed by atoms with Crippen molar-refractivity contribution in [3.05, 3.63) is 35.6 Å². The Labute approximate surface area is 120 Å². The summed E-state index contributed by atoms with van der Waals surface area (Å²) in [5.74, 6) is 1.07. The van der Waals surface area contributed by atoms with Gasteiger partial charge in [-0.05, 0) is 40.2 Å². The molecule has 0 aliphatic carbocycles. The fraction of sp³-hybridized carbons (Fsp3) is 0.500. The van der Waals surface area contributed by atoms with Crippen molar-refractivity contribution in [1.82, 2.24) is 4.72 Å². The van der Waals surface area contributed by atoms with Crippen molar-refractivity contribution in [3.63, 3.8) is 0 Å². The average Bonchev–Trinajstić information content (AvgIpc) is 2.73. The number of rotatable bonds is 4. The molecule has 0 saturated heterocycles. The third kappa shape index (κ3) is 3.34. The van der Waals surface area contributed by atoms with Crippen LogP contribution < -0.4 is 4.72 Å². The molecule has 0 unspecified atom stereocenters. The standard InChI is InChI=1S/C16H23NOS/c1-6-12-13-9-7-8-10-14(13)18-15(12)11(2)17-19-16(3,4)5/h7-11,17H,6H2,1-5H3/t11-/m1/s1. The number of para-hydroxylation sites is 1. The molecule has 0 spiro atoms. The maximum atomic E-state index is 6.04. The highest BCUT2D eigenvalue weighted by Crippen LogP contribution is 2.32. The van der Waals surface area contributed by atoms with Crippen molar-refractivity contribution in [1.29, 1.82) is 0 Å². The molecular formula is C16H23NOS. The topological polar surface area (TPSA) is 25.2 Å². The first-order valence-electron chi connectivity index (χ1n) is 6.86. The number of fused-ring (bicyclic) bond motifs is 1. The van der Waals surface area contributed by atoms with Gasteiger partial charge in [-0.1, -0.05) is 37.1 Å². The normalized spacial score (nSPS) is 13.9. The van der Waals surface area contributed by atoms with E-state index in [1.165, 1.54) is 10.9 Å². The van der Waals surface area contributed by atoms with Crippen molar-refractivity contribution in [2.45, 2.75) is 51.8 Å². The zero-order valence-corrected chi connectivity index (χ0v) is 13.2. The van der Waals surface area contributed by atoms with Crippen LogP contribution in [0.15, 0.2) is 28.7 Å². The van der Waals surface area contributed by atoms with Crippen LogP contribution in [0.2, 0.25) is 0 Å². The minimum atomic E-state index is 0.201. The summed E-state index contributed by atoms with van der Waals surface area (Å²) in [6, 6.07) is 8.50. The van der Waals surface area contributed by atoms with Crippen LogP contribution >= 0.6 is 11.9 Å². The van der Waals surface area contributed by atoms with Crippen LogP contribution in [0.4, 0.5) is 0 Å². The molecule has 19 heavy (non-hydrogen) atoms. The van der Waals surface area contributed by atoms with E-state index in [1.807, 2.05) is 12.1 Å². The molecule has 104 valence electrons. The fourth-order valence-corrected chi connectivity index (χ4v) is 2.79. The number of furan rings is 1. The Hall–Kier alpha value is -0.930. The maximum absolute atomic E-state index is 6.04. The lowest BCUT2D eigenvalue weighted by Gasteiger charge is -2.21. The van der Waals surface area contributed by atoms with Gasteiger partial charge in [0.15, 0.2) is 0 Å². The average molecular weight is 277 g/mol. The second-order valence-corrected chi connectivity index (χ2v) is 7.51. The van der Waals surface area contributed by atoms with E-state index < -0.39 is 0 Å². The third-order valence-corrected chi connectivity index (χ3v) is 4.10. The molecule has 3 heteroatoms. The second-order valence-electron chi connectivity index (χ2n) is 5.85. The summed E-state index contributed by atoms with van der Waals surface area (Å²) in [5, 5.41) is 1.24. The highest BCUT2D eigenvalue weighted by Gasteiger charge is 2.20. The summed E-state index contributed by atoms with van der Waals surface area (Å²) >= 11 is 1.76. The zero-order valence-electron chi connectivity index (χ0n) is 12.4. The molecule has 0 fully saturated rings. The Morgan fingerprint density at radius 1 is 1.26 bits per heavy atom. The van der Waals surface area contributed by atoms with Gasteiger partial charge in [0.25, 0.3) is 0 Å². The molecule has 0 aliphatic rings. The van der Waals surface area contributed by atoms with Gasteiger partial charge in [0.2, 0.25) is 0 Å². The highest BCUT2D eigenvalue weighted by atomic mass is 32.2. The molecule has 0 amide bonds. The smallest absolute Gasteiger partial charge is 0.134 e. The third-order valence-electron chi connectivity index (χ3n) is 3.02. The molecule has 2 aromatic rings. The fourth-order valence-electron chi connectivity index (χ4n) is 2.15. The van der Waals surface area contributed by atoms with Crippen molar-refractivity contribution in [2.75, 3.05) is 0 Å². The summed E-state index contributed by atoms with van der Waals surface area (Å²) in [4.78, 5) is 0. The van der Waals surface area contributed by atoms with Crippen LogP contribution in [-0.2, 0) is 6.42 Å². The van der Waals surface area contributed by atoms with Gasteiger partial charge in [-0.2, -0.15) is 0 Å². The molecule has 0 bridgehead atoms. The lowest BCUT2D eigenvalue weighted by molar-refractivity contribution is 0.493. The Balaban J connectivity index is 2.28. The molecule has 1 N–H and O–H groups in total. The van der Waals surface area contributed by atoms with Gasteiger partial charge in [0.05, 0.1) is 6.04 Å². The maximum Gasteiger partial charge on any atom is 0.134 e. The van der Waals surface area contributed by atoms with Gasteiger partial charge in [-0.25, -0.2) is 0 Å². The van der Waals surface area contributed by atoms with E-state index in [2.05, 4.69) is 51.5 Å². The first kappa shape index (κ1) is 14.5. The lowest BCUT2D eigenvalue weighted by atomic mass is 10.1. The minimum absolute atomic E-state index is 0.201. The van der Waals surface area contributed by atoms with Gasteiger partial charge in [-0.3, -0.25) is 4.72 Å². The molecule has 1 heterocycles. The van der Waals surface area contributed by atoms with Gasteiger partial charge in [-0.15, -0.1) is 0 Å². The Morgan fingerprint density at radius 3 is 2.58 bits per heavy atom. The summed E-state index contributed by atoms with van der Waals surface area (Å²) in [6.07, 6.45) is 0.999. The number of hydrogen-bond donors (Lipinski definition) is 1. The number of nitrogens with one attached hydrogen (secondary N) is 1. The zero-order chi connectivity index (χ0) is 14.0. The second kappa shape index (κ2) is 5.59. The molecule has 1 aromatic heterocycles. The minimum Gasteiger partial charge on any atom is -0.459 e. The predicted molar refractivity (Wildman–Crippen MR) is 84.5 cm³/mol. The summed E-state index contributed by atoms with van der Waals surface area (Å²) in [6.45, 7) is 11.0. The molecule has 0 saturated carbocycles. The van der Waals surface area contributed by atoms with Crippen molar-refractivity contribution in [2.24, 2.45) is 0 Å². The largest absolute Gasteiger partial charge is 0.459 e. The van der Waals surface area contributed by atoms with E-state index in [-0.39, 0.29) is 10.8 Å². The lowest BCUT2D eigenvalue weighted by Crippen LogP contribution is -2.20. The first-order chi connectivity index (χ1) is 8.92. The molecule has 1 aromatic carbocycles. The van der Waals surface area contributed by atoms with E-state index in [1.54, 1.807) is 11.9 Å². The predicted octanol–water partition coefficient (Wildman–Crippen LogP) is 5.09. The van der Waals surface area contributed by atoms with Gasteiger partial charge >= 0.3 is 0 Å². The van der Waals surface area contributed by atoms with Crippen LogP contribution in [0.1, 0.15) is 52.0 Å². The number of aryl methyl sites for hydroxylation is 1. The van der Waals surface area contributed by atoms with Gasteiger partial charge < -0.3 is 4.42 Å². The van der Waals surface area contributed by atoms with E-state index in [9.17, 15) is 0 Å². The number of hydrogen-bond acceptors (Lipinski definition) is 3. The Bertz CT molecular complexity index is 553. The van der Waals surface area contributed by atoms with Crippen molar-refractivity contribution >= 4 is 22.9 Å². The van der Waals surface area contributed by atoms with Crippen LogP contribution in [0.3, 0.4) is 0 Å². The van der Waals surface area contributed by atoms with Crippen LogP contribution in [0.5, 0.6) is 0 Å². The Morgan fingerprint density at radius 2 is 1.95 bits per heavy atom. The van der Waals surface area contributed by atoms with Crippen LogP contribution in [0.25, 0.3) is 11.0 Å². The Kier molecular flexibility index (Phi) is 4.26. The quantitative estimate of drug-likeness (QED) is 0.788. The molecule has 2 rings (SSSR count). The molecule has 0 radical (unpaired) electrons.